The first-order valence-electron chi connectivity index (χ1n) is 7.39. The second-order valence-corrected chi connectivity index (χ2v) is 8.67. The van der Waals surface area contributed by atoms with Gasteiger partial charge < -0.3 is 5.32 Å². The minimum Gasteiger partial charge on any atom is -0.325 e. The number of nitrogens with one attached hydrogen (secondary N) is 1. The van der Waals surface area contributed by atoms with Crippen LogP contribution in [0.15, 0.2) is 29.2 Å². The summed E-state index contributed by atoms with van der Waals surface area (Å²) >= 11 is 1.67. The molecular formula is C15H22N2O3S2. The van der Waals surface area contributed by atoms with Gasteiger partial charge in [0.15, 0.2) is 0 Å². The molecule has 1 heterocycles. The number of carbonyl (C=O) groups is 1. The third kappa shape index (κ3) is 4.47. The Labute approximate surface area is 136 Å². The molecule has 1 aromatic carbocycles. The molecule has 1 saturated heterocycles. The molecule has 0 unspecified atom stereocenters. The molecule has 2 rings (SSSR count). The van der Waals surface area contributed by atoms with Gasteiger partial charge in [0.05, 0.1) is 17.9 Å². The van der Waals surface area contributed by atoms with Gasteiger partial charge in [-0.2, -0.15) is 0 Å². The van der Waals surface area contributed by atoms with E-state index in [4.69, 9.17) is 0 Å². The minimum absolute atomic E-state index is 0.0995. The first-order chi connectivity index (χ1) is 10.4. The molecule has 122 valence electrons. The third-order valence-corrected chi connectivity index (χ3v) is 5.89. The van der Waals surface area contributed by atoms with E-state index in [1.807, 2.05) is 24.3 Å². The fourth-order valence-electron chi connectivity index (χ4n) is 2.54. The van der Waals surface area contributed by atoms with Gasteiger partial charge in [-0.15, -0.1) is 11.8 Å². The average Bonchev–Trinajstić information content (AvgIpc) is 2.49. The smallest absolute Gasteiger partial charge is 0.228 e. The van der Waals surface area contributed by atoms with Crippen LogP contribution in [0.1, 0.15) is 19.8 Å². The van der Waals surface area contributed by atoms with Gasteiger partial charge in [-0.25, -0.2) is 12.7 Å². The summed E-state index contributed by atoms with van der Waals surface area (Å²) in [5.41, 5.74) is 0.802. The maximum atomic E-state index is 12.5. The minimum atomic E-state index is -3.23. The summed E-state index contributed by atoms with van der Waals surface area (Å²) in [6, 6.07) is 7.69. The lowest BCUT2D eigenvalue weighted by molar-refractivity contribution is -0.120. The fourth-order valence-corrected chi connectivity index (χ4v) is 4.22. The van der Waals surface area contributed by atoms with Gasteiger partial charge in [0.25, 0.3) is 0 Å². The molecule has 1 fully saturated rings. The van der Waals surface area contributed by atoms with Crippen molar-refractivity contribution < 1.29 is 13.2 Å². The fraction of sp³-hybridized carbons (Fsp3) is 0.533. The predicted molar refractivity (Wildman–Crippen MR) is 90.6 cm³/mol. The van der Waals surface area contributed by atoms with Gasteiger partial charge >= 0.3 is 0 Å². The summed E-state index contributed by atoms with van der Waals surface area (Å²) in [5, 5.41) is 2.96. The molecule has 1 atom stereocenters. The highest BCUT2D eigenvalue weighted by molar-refractivity contribution is 7.99. The van der Waals surface area contributed by atoms with E-state index in [1.165, 1.54) is 10.6 Å². The Kier molecular flexibility index (Phi) is 5.88. The number of amides is 1. The molecule has 1 aliphatic heterocycles. The predicted octanol–water partition coefficient (Wildman–Crippen LogP) is 2.41. The molecule has 1 N–H and O–H groups in total. The molecule has 0 radical (unpaired) electrons. The summed E-state index contributed by atoms with van der Waals surface area (Å²) in [5.74, 6) is 0.540. The Bertz CT molecular complexity index is 631. The Morgan fingerprint density at radius 2 is 2.14 bits per heavy atom. The monoisotopic (exact) mass is 342 g/mol. The zero-order valence-corrected chi connectivity index (χ0v) is 14.5. The highest BCUT2D eigenvalue weighted by Gasteiger charge is 2.30. The van der Waals surface area contributed by atoms with Crippen molar-refractivity contribution in [2.24, 2.45) is 5.92 Å². The first kappa shape index (κ1) is 17.3. The van der Waals surface area contributed by atoms with Crippen molar-refractivity contribution in [2.75, 3.05) is 30.4 Å². The lowest BCUT2D eigenvalue weighted by atomic mass is 9.99. The largest absolute Gasteiger partial charge is 0.325 e. The summed E-state index contributed by atoms with van der Waals surface area (Å²) < 4.78 is 24.7. The van der Waals surface area contributed by atoms with E-state index in [1.54, 1.807) is 11.8 Å². The van der Waals surface area contributed by atoms with Gasteiger partial charge in [0.2, 0.25) is 15.9 Å². The van der Waals surface area contributed by atoms with Crippen LogP contribution in [0, 0.1) is 5.92 Å². The molecule has 0 aromatic heterocycles. The number of rotatable bonds is 5. The second kappa shape index (κ2) is 7.48. The molecule has 5 nitrogen and oxygen atoms in total. The molecular weight excluding hydrogens is 320 g/mol. The average molecular weight is 342 g/mol. The number of thioether (sulfide) groups is 1. The molecule has 1 aromatic rings. The Hall–Kier alpha value is -1.05. The van der Waals surface area contributed by atoms with Gasteiger partial charge in [0.1, 0.15) is 0 Å². The van der Waals surface area contributed by atoms with E-state index in [2.05, 4.69) is 12.2 Å². The van der Waals surface area contributed by atoms with Crippen molar-refractivity contribution >= 4 is 33.4 Å². The van der Waals surface area contributed by atoms with E-state index in [-0.39, 0.29) is 18.4 Å². The van der Waals surface area contributed by atoms with Crippen molar-refractivity contribution in [2.45, 2.75) is 24.7 Å². The number of sulfonamides is 1. The number of hydrogen-bond acceptors (Lipinski definition) is 4. The lowest BCUT2D eigenvalue weighted by Gasteiger charge is -2.30. The van der Waals surface area contributed by atoms with Crippen LogP contribution in [0.4, 0.5) is 5.69 Å². The molecule has 0 bridgehead atoms. The SMILES string of the molecule is CCSc1ccccc1NC(=O)[C@@H]1CCCN(S(C)(=O)=O)C1. The molecule has 0 spiro atoms. The van der Waals surface area contributed by atoms with Crippen molar-refractivity contribution in [1.29, 1.82) is 0 Å². The second-order valence-electron chi connectivity index (χ2n) is 5.38. The maximum Gasteiger partial charge on any atom is 0.228 e. The van der Waals surface area contributed by atoms with Gasteiger partial charge in [-0.1, -0.05) is 19.1 Å². The van der Waals surface area contributed by atoms with Crippen molar-refractivity contribution in [1.82, 2.24) is 4.31 Å². The molecule has 1 amide bonds. The topological polar surface area (TPSA) is 66.5 Å². The number of anilines is 1. The number of nitrogens with zero attached hydrogens (tertiary/aromatic N) is 1. The highest BCUT2D eigenvalue weighted by Crippen LogP contribution is 2.28. The molecule has 7 heteroatoms. The van der Waals surface area contributed by atoms with Gasteiger partial charge in [-0.05, 0) is 30.7 Å². The van der Waals surface area contributed by atoms with Crippen LogP contribution in [0.5, 0.6) is 0 Å². The first-order valence-corrected chi connectivity index (χ1v) is 10.2. The van der Waals surface area contributed by atoms with Crippen LogP contribution in [0.25, 0.3) is 0 Å². The number of piperidine rings is 1. The number of hydrogen-bond donors (Lipinski definition) is 1. The van der Waals surface area contributed by atoms with Gasteiger partial charge in [-0.3, -0.25) is 4.79 Å². The van der Waals surface area contributed by atoms with Crippen LogP contribution in [0.3, 0.4) is 0 Å². The van der Waals surface area contributed by atoms with Crippen LogP contribution < -0.4 is 5.32 Å². The number of benzene rings is 1. The molecule has 1 aliphatic rings. The number of para-hydroxylation sites is 1. The van der Waals surface area contributed by atoms with E-state index in [9.17, 15) is 13.2 Å². The standard InChI is InChI=1S/C15H22N2O3S2/c1-3-21-14-9-5-4-8-13(14)16-15(18)12-7-6-10-17(11-12)22(2,19)20/h4-5,8-9,12H,3,6-7,10-11H2,1-2H3,(H,16,18)/t12-/m1/s1. The number of carbonyl (C=O) groups excluding carboxylic acids is 1. The summed E-state index contributed by atoms with van der Waals surface area (Å²) in [6.07, 6.45) is 2.64. The van der Waals surface area contributed by atoms with Crippen molar-refractivity contribution in [3.63, 3.8) is 0 Å². The molecule has 0 aliphatic carbocycles. The highest BCUT2D eigenvalue weighted by atomic mass is 32.2. The summed E-state index contributed by atoms with van der Waals surface area (Å²) in [4.78, 5) is 13.5. The van der Waals surface area contributed by atoms with Crippen LogP contribution >= 0.6 is 11.8 Å². The van der Waals surface area contributed by atoms with E-state index in [0.29, 0.717) is 6.54 Å². The quantitative estimate of drug-likeness (QED) is 0.835. The Morgan fingerprint density at radius 3 is 2.82 bits per heavy atom. The zero-order valence-electron chi connectivity index (χ0n) is 12.9. The van der Waals surface area contributed by atoms with Crippen molar-refractivity contribution in [3.8, 4) is 0 Å². The summed E-state index contributed by atoms with van der Waals surface area (Å²) in [6.45, 7) is 2.84. The van der Waals surface area contributed by atoms with E-state index < -0.39 is 10.0 Å². The molecule has 22 heavy (non-hydrogen) atoms. The normalized spacial score (nSPS) is 19.8. The third-order valence-electron chi connectivity index (χ3n) is 3.67. The Balaban J connectivity index is 2.06. The lowest BCUT2D eigenvalue weighted by Crippen LogP contribution is -2.43. The maximum absolute atomic E-state index is 12.5. The van der Waals surface area contributed by atoms with Gasteiger partial charge in [0, 0.05) is 18.0 Å². The summed E-state index contributed by atoms with van der Waals surface area (Å²) in [7, 11) is -3.23. The zero-order chi connectivity index (χ0) is 16.2. The Morgan fingerprint density at radius 1 is 1.41 bits per heavy atom. The van der Waals surface area contributed by atoms with Crippen molar-refractivity contribution in [3.05, 3.63) is 24.3 Å². The molecule has 0 saturated carbocycles. The van der Waals surface area contributed by atoms with Crippen LogP contribution in [-0.4, -0.2) is 43.7 Å². The van der Waals surface area contributed by atoms with E-state index >= 15 is 0 Å². The van der Waals surface area contributed by atoms with Crippen LogP contribution in [0.2, 0.25) is 0 Å². The van der Waals surface area contributed by atoms with E-state index in [0.717, 1.165) is 29.2 Å². The van der Waals surface area contributed by atoms with Crippen LogP contribution in [-0.2, 0) is 14.8 Å².